The van der Waals surface area contributed by atoms with Gasteiger partial charge in [0.05, 0.1) is 11.7 Å². The lowest BCUT2D eigenvalue weighted by atomic mass is 10.00. The molecule has 0 fully saturated rings. The fraction of sp³-hybridized carbons (Fsp3) is 0.214. The lowest BCUT2D eigenvalue weighted by molar-refractivity contribution is 0.596. The van der Waals surface area contributed by atoms with Gasteiger partial charge < -0.3 is 5.73 Å². The number of nitrogens with two attached hydrogens (primary N) is 1. The first-order valence-corrected chi connectivity index (χ1v) is 5.52. The quantitative estimate of drug-likeness (QED) is 0.861. The van der Waals surface area contributed by atoms with E-state index < -0.39 is 6.04 Å². The standard InChI is InChI=1S/C14H15FN2/c1-9-7-10(2)14(17-8-9)13(16)11-5-3-4-6-12(11)15/h3-8,13H,16H2,1-2H3. The van der Waals surface area contributed by atoms with Crippen LogP contribution in [-0.4, -0.2) is 4.98 Å². The third-order valence-electron chi connectivity index (χ3n) is 2.79. The van der Waals surface area contributed by atoms with Gasteiger partial charge in [0.15, 0.2) is 0 Å². The van der Waals surface area contributed by atoms with E-state index in [2.05, 4.69) is 4.98 Å². The van der Waals surface area contributed by atoms with Gasteiger partial charge in [-0.1, -0.05) is 24.3 Å². The van der Waals surface area contributed by atoms with E-state index >= 15 is 0 Å². The first kappa shape index (κ1) is 11.7. The van der Waals surface area contributed by atoms with Crippen LogP contribution in [0, 0.1) is 19.7 Å². The van der Waals surface area contributed by atoms with Crippen molar-refractivity contribution < 1.29 is 4.39 Å². The van der Waals surface area contributed by atoms with E-state index in [-0.39, 0.29) is 5.82 Å². The lowest BCUT2D eigenvalue weighted by Gasteiger charge is -2.15. The number of halogens is 1. The van der Waals surface area contributed by atoms with E-state index in [1.165, 1.54) is 6.07 Å². The van der Waals surface area contributed by atoms with Gasteiger partial charge in [-0.15, -0.1) is 0 Å². The molecule has 1 atom stereocenters. The molecule has 2 rings (SSSR count). The van der Waals surface area contributed by atoms with Gasteiger partial charge in [0.1, 0.15) is 5.82 Å². The molecule has 1 aromatic carbocycles. The van der Waals surface area contributed by atoms with Crippen LogP contribution in [0.15, 0.2) is 36.5 Å². The second-order valence-electron chi connectivity index (χ2n) is 4.21. The Morgan fingerprint density at radius 3 is 2.59 bits per heavy atom. The topological polar surface area (TPSA) is 38.9 Å². The normalized spacial score (nSPS) is 12.5. The molecule has 1 unspecified atom stereocenters. The van der Waals surface area contributed by atoms with Crippen molar-refractivity contribution in [3.8, 4) is 0 Å². The highest BCUT2D eigenvalue weighted by atomic mass is 19.1. The Labute approximate surface area is 100 Å². The van der Waals surface area contributed by atoms with E-state index in [1.54, 1.807) is 24.4 Å². The summed E-state index contributed by atoms with van der Waals surface area (Å²) in [5, 5.41) is 0. The maximum Gasteiger partial charge on any atom is 0.128 e. The third kappa shape index (κ3) is 2.34. The summed E-state index contributed by atoms with van der Waals surface area (Å²) < 4.78 is 13.6. The highest BCUT2D eigenvalue weighted by Crippen LogP contribution is 2.23. The van der Waals surface area contributed by atoms with Crippen LogP contribution in [0.4, 0.5) is 4.39 Å². The molecule has 1 heterocycles. The molecule has 0 saturated heterocycles. The molecule has 88 valence electrons. The number of rotatable bonds is 2. The first-order valence-electron chi connectivity index (χ1n) is 5.52. The summed E-state index contributed by atoms with van der Waals surface area (Å²) in [6.07, 6.45) is 1.75. The Morgan fingerprint density at radius 1 is 1.24 bits per heavy atom. The third-order valence-corrected chi connectivity index (χ3v) is 2.79. The molecular formula is C14H15FN2. The molecule has 0 radical (unpaired) electrons. The number of hydrogen-bond donors (Lipinski definition) is 1. The van der Waals surface area contributed by atoms with Crippen molar-refractivity contribution in [1.29, 1.82) is 0 Å². The minimum Gasteiger partial charge on any atom is -0.319 e. The monoisotopic (exact) mass is 230 g/mol. The van der Waals surface area contributed by atoms with Gasteiger partial charge in [0.2, 0.25) is 0 Å². The summed E-state index contributed by atoms with van der Waals surface area (Å²) in [6.45, 7) is 3.91. The summed E-state index contributed by atoms with van der Waals surface area (Å²) >= 11 is 0. The number of aryl methyl sites for hydroxylation is 2. The molecule has 2 aromatic rings. The molecular weight excluding hydrogens is 215 g/mol. The molecule has 2 nitrogen and oxygen atoms in total. The molecule has 1 aromatic heterocycles. The highest BCUT2D eigenvalue weighted by molar-refractivity contribution is 5.33. The Bertz CT molecular complexity index is 537. The molecule has 0 aliphatic carbocycles. The van der Waals surface area contributed by atoms with Gasteiger partial charge >= 0.3 is 0 Å². The van der Waals surface area contributed by atoms with Crippen molar-refractivity contribution in [2.24, 2.45) is 5.73 Å². The molecule has 0 aliphatic heterocycles. The summed E-state index contributed by atoms with van der Waals surface area (Å²) in [7, 11) is 0. The smallest absolute Gasteiger partial charge is 0.128 e. The van der Waals surface area contributed by atoms with Gasteiger partial charge in [-0.25, -0.2) is 4.39 Å². The molecule has 0 aliphatic rings. The minimum atomic E-state index is -0.517. The zero-order valence-electron chi connectivity index (χ0n) is 9.94. The molecule has 0 saturated carbocycles. The Kier molecular flexibility index (Phi) is 3.20. The first-order chi connectivity index (χ1) is 8.09. The van der Waals surface area contributed by atoms with E-state index in [4.69, 9.17) is 5.73 Å². The summed E-state index contributed by atoms with van der Waals surface area (Å²) in [5.41, 5.74) is 9.33. The van der Waals surface area contributed by atoms with Crippen LogP contribution in [0.5, 0.6) is 0 Å². The fourth-order valence-electron chi connectivity index (χ4n) is 1.93. The second-order valence-corrected chi connectivity index (χ2v) is 4.21. The fourth-order valence-corrected chi connectivity index (χ4v) is 1.93. The second kappa shape index (κ2) is 4.63. The highest BCUT2D eigenvalue weighted by Gasteiger charge is 2.16. The maximum absolute atomic E-state index is 13.6. The Hall–Kier alpha value is -1.74. The summed E-state index contributed by atoms with van der Waals surface area (Å²) in [4.78, 5) is 4.30. The Morgan fingerprint density at radius 2 is 1.94 bits per heavy atom. The predicted molar refractivity (Wildman–Crippen MR) is 66.1 cm³/mol. The zero-order chi connectivity index (χ0) is 12.4. The van der Waals surface area contributed by atoms with Crippen LogP contribution in [0.3, 0.4) is 0 Å². The molecule has 0 spiro atoms. The summed E-state index contributed by atoms with van der Waals surface area (Å²) in [6, 6.07) is 8.03. The van der Waals surface area contributed by atoms with Crippen LogP contribution in [-0.2, 0) is 0 Å². The molecule has 0 amide bonds. The van der Waals surface area contributed by atoms with E-state index in [0.717, 1.165) is 16.8 Å². The van der Waals surface area contributed by atoms with Crippen LogP contribution in [0.1, 0.15) is 28.4 Å². The number of benzene rings is 1. The van der Waals surface area contributed by atoms with Crippen LogP contribution in [0.2, 0.25) is 0 Å². The minimum absolute atomic E-state index is 0.290. The SMILES string of the molecule is Cc1cnc(C(N)c2ccccc2F)c(C)c1. The van der Waals surface area contributed by atoms with Crippen LogP contribution >= 0.6 is 0 Å². The van der Waals surface area contributed by atoms with Crippen molar-refractivity contribution in [2.45, 2.75) is 19.9 Å². The van der Waals surface area contributed by atoms with E-state index in [9.17, 15) is 4.39 Å². The van der Waals surface area contributed by atoms with Crippen molar-refractivity contribution in [3.05, 3.63) is 64.7 Å². The van der Waals surface area contributed by atoms with Crippen molar-refractivity contribution in [3.63, 3.8) is 0 Å². The van der Waals surface area contributed by atoms with E-state index in [1.807, 2.05) is 19.9 Å². The van der Waals surface area contributed by atoms with Crippen LogP contribution < -0.4 is 5.73 Å². The average Bonchev–Trinajstić information content (AvgIpc) is 2.29. The molecule has 17 heavy (non-hydrogen) atoms. The van der Waals surface area contributed by atoms with Gasteiger partial charge in [-0.05, 0) is 31.0 Å². The van der Waals surface area contributed by atoms with Gasteiger partial charge in [0, 0.05) is 11.8 Å². The number of nitrogens with zero attached hydrogens (tertiary/aromatic N) is 1. The Balaban J connectivity index is 2.44. The number of aromatic nitrogens is 1. The molecule has 0 bridgehead atoms. The van der Waals surface area contributed by atoms with Crippen LogP contribution in [0.25, 0.3) is 0 Å². The zero-order valence-corrected chi connectivity index (χ0v) is 9.94. The largest absolute Gasteiger partial charge is 0.319 e. The predicted octanol–water partition coefficient (Wildman–Crippen LogP) is 2.89. The van der Waals surface area contributed by atoms with Gasteiger partial charge in [-0.2, -0.15) is 0 Å². The maximum atomic E-state index is 13.6. The average molecular weight is 230 g/mol. The number of pyridine rings is 1. The van der Waals surface area contributed by atoms with Gasteiger partial charge in [0.25, 0.3) is 0 Å². The van der Waals surface area contributed by atoms with Crippen molar-refractivity contribution in [2.75, 3.05) is 0 Å². The lowest BCUT2D eigenvalue weighted by Crippen LogP contribution is -2.16. The van der Waals surface area contributed by atoms with E-state index in [0.29, 0.717) is 5.56 Å². The molecule has 2 N–H and O–H groups in total. The van der Waals surface area contributed by atoms with Crippen molar-refractivity contribution in [1.82, 2.24) is 4.98 Å². The summed E-state index contributed by atoms with van der Waals surface area (Å²) in [5.74, 6) is -0.290. The number of hydrogen-bond acceptors (Lipinski definition) is 2. The van der Waals surface area contributed by atoms with Crippen molar-refractivity contribution >= 4 is 0 Å². The molecule has 3 heteroatoms. The van der Waals surface area contributed by atoms with Gasteiger partial charge in [-0.3, -0.25) is 4.98 Å².